The molecule has 1 nitrogen and oxygen atoms in total. The van der Waals surface area contributed by atoms with Crippen molar-refractivity contribution in [3.05, 3.63) is 35.4 Å². The van der Waals surface area contributed by atoms with Crippen LogP contribution in [-0.4, -0.2) is 6.54 Å². The van der Waals surface area contributed by atoms with Gasteiger partial charge in [0, 0.05) is 5.54 Å². The molecule has 0 aliphatic carbocycles. The van der Waals surface area contributed by atoms with E-state index in [1.165, 1.54) is 43.4 Å². The summed E-state index contributed by atoms with van der Waals surface area (Å²) in [5.74, 6) is 0. The Morgan fingerprint density at radius 2 is 2.27 bits per heavy atom. The summed E-state index contributed by atoms with van der Waals surface area (Å²) in [6.07, 6.45) is 5.12. The van der Waals surface area contributed by atoms with Crippen molar-refractivity contribution in [3.63, 3.8) is 0 Å². The summed E-state index contributed by atoms with van der Waals surface area (Å²) in [5, 5.41) is 3.71. The third kappa shape index (κ3) is 2.07. The van der Waals surface area contributed by atoms with Gasteiger partial charge in [-0.25, -0.2) is 0 Å². The van der Waals surface area contributed by atoms with Crippen LogP contribution in [0, 0.1) is 6.92 Å². The quantitative estimate of drug-likeness (QED) is 0.794. The Kier molecular flexibility index (Phi) is 3.11. The molecule has 1 aliphatic rings. The van der Waals surface area contributed by atoms with E-state index in [1.807, 2.05) is 0 Å². The number of hydrogen-bond donors (Lipinski definition) is 1. The molecule has 1 atom stereocenters. The second-order valence-corrected chi connectivity index (χ2v) is 4.73. The molecule has 1 N–H and O–H groups in total. The fraction of sp³-hybridized carbons (Fsp3) is 0.571. The Balaban J connectivity index is 2.31. The van der Waals surface area contributed by atoms with Gasteiger partial charge in [-0.15, -0.1) is 0 Å². The molecule has 1 heteroatoms. The lowest BCUT2D eigenvalue weighted by Crippen LogP contribution is -2.36. The monoisotopic (exact) mass is 203 g/mol. The zero-order valence-electron chi connectivity index (χ0n) is 9.84. The molecule has 1 heterocycles. The van der Waals surface area contributed by atoms with E-state index in [9.17, 15) is 0 Å². The first-order valence-corrected chi connectivity index (χ1v) is 6.09. The Labute approximate surface area is 92.9 Å². The summed E-state index contributed by atoms with van der Waals surface area (Å²) in [4.78, 5) is 0. The maximum atomic E-state index is 3.71. The number of benzene rings is 1. The van der Waals surface area contributed by atoms with Gasteiger partial charge in [0.1, 0.15) is 0 Å². The van der Waals surface area contributed by atoms with Gasteiger partial charge in [0.15, 0.2) is 0 Å². The van der Waals surface area contributed by atoms with E-state index in [-0.39, 0.29) is 5.54 Å². The summed E-state index contributed by atoms with van der Waals surface area (Å²) < 4.78 is 0. The topological polar surface area (TPSA) is 12.0 Å². The molecule has 2 rings (SSSR count). The maximum Gasteiger partial charge on any atom is 0.0435 e. The lowest BCUT2D eigenvalue weighted by molar-refractivity contribution is 0.355. The summed E-state index contributed by atoms with van der Waals surface area (Å²) in [6.45, 7) is 5.63. The van der Waals surface area contributed by atoms with Gasteiger partial charge in [0.05, 0.1) is 0 Å². The highest BCUT2D eigenvalue weighted by Gasteiger charge is 2.33. The molecule has 82 valence electrons. The van der Waals surface area contributed by atoms with Gasteiger partial charge in [-0.1, -0.05) is 43.2 Å². The minimum Gasteiger partial charge on any atom is -0.307 e. The molecule has 1 fully saturated rings. The fourth-order valence-corrected chi connectivity index (χ4v) is 2.78. The van der Waals surface area contributed by atoms with Crippen LogP contribution in [0.1, 0.15) is 43.7 Å². The van der Waals surface area contributed by atoms with Crippen LogP contribution in [0.5, 0.6) is 0 Å². The number of rotatable bonds is 3. The molecule has 15 heavy (non-hydrogen) atoms. The van der Waals surface area contributed by atoms with Crippen molar-refractivity contribution in [2.24, 2.45) is 0 Å². The molecule has 1 aliphatic heterocycles. The SMILES string of the molecule is CCCC1(c2cccc(C)c2)CCCN1. The van der Waals surface area contributed by atoms with E-state index in [0.29, 0.717) is 0 Å². The first-order chi connectivity index (χ1) is 7.27. The van der Waals surface area contributed by atoms with E-state index in [1.54, 1.807) is 0 Å². The van der Waals surface area contributed by atoms with E-state index < -0.39 is 0 Å². The van der Waals surface area contributed by atoms with Gasteiger partial charge in [-0.3, -0.25) is 0 Å². The number of aryl methyl sites for hydroxylation is 1. The second-order valence-electron chi connectivity index (χ2n) is 4.73. The van der Waals surface area contributed by atoms with Crippen LogP contribution in [-0.2, 0) is 5.54 Å². The van der Waals surface area contributed by atoms with E-state index in [0.717, 1.165) is 0 Å². The normalized spacial score (nSPS) is 25.7. The van der Waals surface area contributed by atoms with Crippen LogP contribution in [0.2, 0.25) is 0 Å². The van der Waals surface area contributed by atoms with Crippen LogP contribution >= 0.6 is 0 Å². The summed E-state index contributed by atoms with van der Waals surface area (Å²) >= 11 is 0. The van der Waals surface area contributed by atoms with Crippen molar-refractivity contribution >= 4 is 0 Å². The lowest BCUT2D eigenvalue weighted by Gasteiger charge is -2.30. The zero-order chi connectivity index (χ0) is 10.7. The van der Waals surface area contributed by atoms with Gasteiger partial charge in [-0.2, -0.15) is 0 Å². The van der Waals surface area contributed by atoms with Crippen molar-refractivity contribution in [1.29, 1.82) is 0 Å². The van der Waals surface area contributed by atoms with Gasteiger partial charge < -0.3 is 5.32 Å². The average Bonchev–Trinajstić information content (AvgIpc) is 2.68. The molecular formula is C14H21N. The molecule has 1 saturated heterocycles. The first-order valence-electron chi connectivity index (χ1n) is 6.09. The highest BCUT2D eigenvalue weighted by Crippen LogP contribution is 2.35. The van der Waals surface area contributed by atoms with Crippen LogP contribution in [0.25, 0.3) is 0 Å². The zero-order valence-corrected chi connectivity index (χ0v) is 9.84. The van der Waals surface area contributed by atoms with Crippen molar-refractivity contribution in [1.82, 2.24) is 5.32 Å². The lowest BCUT2D eigenvalue weighted by atomic mass is 9.84. The Bertz CT molecular complexity index is 324. The summed E-state index contributed by atoms with van der Waals surface area (Å²) in [5.41, 5.74) is 3.14. The summed E-state index contributed by atoms with van der Waals surface area (Å²) in [7, 11) is 0. The number of nitrogens with one attached hydrogen (secondary N) is 1. The highest BCUT2D eigenvalue weighted by molar-refractivity contribution is 5.30. The van der Waals surface area contributed by atoms with Crippen molar-refractivity contribution in [2.45, 2.75) is 45.1 Å². The van der Waals surface area contributed by atoms with Gasteiger partial charge in [0.2, 0.25) is 0 Å². The third-order valence-corrected chi connectivity index (χ3v) is 3.49. The first kappa shape index (κ1) is 10.7. The molecule has 1 unspecified atom stereocenters. The van der Waals surface area contributed by atoms with Crippen LogP contribution < -0.4 is 5.32 Å². The predicted molar refractivity (Wildman–Crippen MR) is 65.0 cm³/mol. The molecule has 0 spiro atoms. The molecule has 1 aromatic rings. The predicted octanol–water partition coefficient (Wildman–Crippen LogP) is 3.37. The average molecular weight is 203 g/mol. The summed E-state index contributed by atoms with van der Waals surface area (Å²) in [6, 6.07) is 8.98. The van der Waals surface area contributed by atoms with Gasteiger partial charge >= 0.3 is 0 Å². The van der Waals surface area contributed by atoms with E-state index >= 15 is 0 Å². The minimum absolute atomic E-state index is 0.279. The Morgan fingerprint density at radius 3 is 2.87 bits per heavy atom. The molecule has 0 saturated carbocycles. The van der Waals surface area contributed by atoms with Gasteiger partial charge in [0.25, 0.3) is 0 Å². The van der Waals surface area contributed by atoms with Gasteiger partial charge in [-0.05, 0) is 38.3 Å². The van der Waals surface area contributed by atoms with Crippen LogP contribution in [0.3, 0.4) is 0 Å². The van der Waals surface area contributed by atoms with Crippen molar-refractivity contribution in [3.8, 4) is 0 Å². The Morgan fingerprint density at radius 1 is 1.40 bits per heavy atom. The minimum atomic E-state index is 0.279. The molecule has 0 amide bonds. The largest absolute Gasteiger partial charge is 0.307 e. The van der Waals surface area contributed by atoms with Crippen molar-refractivity contribution in [2.75, 3.05) is 6.54 Å². The van der Waals surface area contributed by atoms with Crippen LogP contribution in [0.15, 0.2) is 24.3 Å². The number of hydrogen-bond acceptors (Lipinski definition) is 1. The van der Waals surface area contributed by atoms with E-state index in [4.69, 9.17) is 0 Å². The van der Waals surface area contributed by atoms with Crippen molar-refractivity contribution < 1.29 is 0 Å². The van der Waals surface area contributed by atoms with E-state index in [2.05, 4.69) is 43.4 Å². The third-order valence-electron chi connectivity index (χ3n) is 3.49. The Hall–Kier alpha value is -0.820. The standard InChI is InChI=1S/C14H21N/c1-3-8-14(9-5-10-15-14)13-7-4-6-12(2)11-13/h4,6-7,11,15H,3,5,8-10H2,1-2H3. The molecule has 0 bridgehead atoms. The molecule has 0 aromatic heterocycles. The highest BCUT2D eigenvalue weighted by atomic mass is 15.0. The second kappa shape index (κ2) is 4.36. The van der Waals surface area contributed by atoms with Crippen LogP contribution in [0.4, 0.5) is 0 Å². The molecular weight excluding hydrogens is 182 g/mol. The fourth-order valence-electron chi connectivity index (χ4n) is 2.78. The smallest absolute Gasteiger partial charge is 0.0435 e. The molecule has 1 aromatic carbocycles. The maximum absolute atomic E-state index is 3.71. The molecule has 0 radical (unpaired) electrons.